The molecule has 0 heterocycles. The molecule has 0 aromatic heterocycles. The van der Waals surface area contributed by atoms with Gasteiger partial charge in [-0.3, -0.25) is 4.79 Å². The molecule has 0 amide bonds. The zero-order valence-electron chi connectivity index (χ0n) is 11.4. The van der Waals surface area contributed by atoms with Crippen molar-refractivity contribution in [2.45, 2.75) is 26.4 Å². The second-order valence-electron chi connectivity index (χ2n) is 5.04. The van der Waals surface area contributed by atoms with Gasteiger partial charge in [0.2, 0.25) is 0 Å². The number of hydrogen-bond donors (Lipinski definition) is 2. The van der Waals surface area contributed by atoms with Crippen molar-refractivity contribution in [3.63, 3.8) is 0 Å². The summed E-state index contributed by atoms with van der Waals surface area (Å²) in [6.07, 6.45) is 0.928. The summed E-state index contributed by atoms with van der Waals surface area (Å²) in [4.78, 5) is 10.7. The Morgan fingerprint density at radius 2 is 2.05 bits per heavy atom. The molecule has 1 unspecified atom stereocenters. The van der Waals surface area contributed by atoms with E-state index in [9.17, 15) is 4.79 Å². The van der Waals surface area contributed by atoms with Crippen molar-refractivity contribution >= 4 is 5.97 Å². The summed E-state index contributed by atoms with van der Waals surface area (Å²) in [6.45, 7) is 3.70. The largest absolute Gasteiger partial charge is 0.481 e. The lowest BCUT2D eigenvalue weighted by Crippen LogP contribution is -2.22. The fourth-order valence-corrected chi connectivity index (χ4v) is 2.10. The van der Waals surface area contributed by atoms with Crippen LogP contribution in [0.3, 0.4) is 0 Å². The average Bonchev–Trinajstić information content (AvgIpc) is 2.38. The fourth-order valence-electron chi connectivity index (χ4n) is 2.10. The zero-order chi connectivity index (χ0) is 14.1. The van der Waals surface area contributed by atoms with Gasteiger partial charge in [0.15, 0.2) is 0 Å². The molecular weight excluding hydrogens is 242 g/mol. The average molecular weight is 265 g/mol. The Bertz CT molecular complexity index is 367. The Kier molecular flexibility index (Phi) is 7.15. The summed E-state index contributed by atoms with van der Waals surface area (Å²) >= 11 is 0. The van der Waals surface area contributed by atoms with E-state index in [-0.39, 0.29) is 12.3 Å². The Morgan fingerprint density at radius 3 is 2.63 bits per heavy atom. The van der Waals surface area contributed by atoms with Crippen LogP contribution in [0.25, 0.3) is 0 Å². The summed E-state index contributed by atoms with van der Waals surface area (Å²) in [5, 5.41) is 8.77. The Hall–Kier alpha value is -1.39. The Balaban J connectivity index is 2.23. The Labute approximate surface area is 114 Å². The molecule has 0 saturated carbocycles. The van der Waals surface area contributed by atoms with Crippen molar-refractivity contribution in [2.75, 3.05) is 13.2 Å². The van der Waals surface area contributed by atoms with Gasteiger partial charge in [0.1, 0.15) is 0 Å². The molecule has 4 heteroatoms. The molecule has 0 aliphatic carbocycles. The van der Waals surface area contributed by atoms with E-state index in [4.69, 9.17) is 15.6 Å². The molecule has 3 N–H and O–H groups in total. The van der Waals surface area contributed by atoms with Crippen molar-refractivity contribution in [3.8, 4) is 0 Å². The standard InChI is InChI=1S/C15H23NO3/c1-12(7-14(9-16)8-15(17)18)10-19-11-13-5-3-2-4-6-13/h2-6,12,14H,7-11,16H2,1H3,(H,17,18)/t12?,14-/m0/s1. The number of benzene rings is 1. The first-order chi connectivity index (χ1) is 9.11. The van der Waals surface area contributed by atoms with Crippen molar-refractivity contribution in [3.05, 3.63) is 35.9 Å². The first kappa shape index (κ1) is 15.7. The lowest BCUT2D eigenvalue weighted by molar-refractivity contribution is -0.138. The molecule has 19 heavy (non-hydrogen) atoms. The SMILES string of the molecule is CC(COCc1ccccc1)C[C@H](CN)CC(=O)O. The van der Waals surface area contributed by atoms with Gasteiger partial charge in [-0.1, -0.05) is 37.3 Å². The maximum Gasteiger partial charge on any atom is 0.303 e. The number of rotatable bonds is 9. The monoisotopic (exact) mass is 265 g/mol. The lowest BCUT2D eigenvalue weighted by Gasteiger charge is -2.18. The van der Waals surface area contributed by atoms with E-state index in [0.29, 0.717) is 25.7 Å². The molecule has 1 aromatic carbocycles. The third-order valence-electron chi connectivity index (χ3n) is 3.05. The Morgan fingerprint density at radius 1 is 1.37 bits per heavy atom. The molecule has 0 saturated heterocycles. The number of carbonyl (C=O) groups is 1. The molecule has 0 bridgehead atoms. The van der Waals surface area contributed by atoms with Crippen molar-refractivity contribution in [1.82, 2.24) is 0 Å². The van der Waals surface area contributed by atoms with Crippen LogP contribution in [0.2, 0.25) is 0 Å². The zero-order valence-corrected chi connectivity index (χ0v) is 11.4. The molecule has 0 spiro atoms. The minimum absolute atomic E-state index is 0.0350. The van der Waals surface area contributed by atoms with Gasteiger partial charge in [0, 0.05) is 13.0 Å². The van der Waals surface area contributed by atoms with Crippen LogP contribution in [0.1, 0.15) is 25.3 Å². The highest BCUT2D eigenvalue weighted by atomic mass is 16.5. The highest BCUT2D eigenvalue weighted by molar-refractivity contribution is 5.67. The quantitative estimate of drug-likeness (QED) is 0.718. The van der Waals surface area contributed by atoms with E-state index in [1.807, 2.05) is 30.3 Å². The second-order valence-corrected chi connectivity index (χ2v) is 5.04. The molecule has 4 nitrogen and oxygen atoms in total. The topological polar surface area (TPSA) is 72.5 Å². The minimum Gasteiger partial charge on any atom is -0.481 e. The van der Waals surface area contributed by atoms with Gasteiger partial charge in [-0.25, -0.2) is 0 Å². The third kappa shape index (κ3) is 6.94. The van der Waals surface area contributed by atoms with Crippen LogP contribution >= 0.6 is 0 Å². The minimum atomic E-state index is -0.784. The van der Waals surface area contributed by atoms with E-state index in [0.717, 1.165) is 12.0 Å². The molecule has 1 aromatic rings. The molecule has 0 aliphatic rings. The van der Waals surface area contributed by atoms with Gasteiger partial charge in [-0.2, -0.15) is 0 Å². The highest BCUT2D eigenvalue weighted by Crippen LogP contribution is 2.15. The fraction of sp³-hybridized carbons (Fsp3) is 0.533. The number of carboxylic acid groups (broad SMARTS) is 1. The molecular formula is C15H23NO3. The summed E-state index contributed by atoms with van der Waals surface area (Å²) in [6, 6.07) is 10.00. The maximum absolute atomic E-state index is 10.7. The van der Waals surface area contributed by atoms with Crippen LogP contribution in [-0.4, -0.2) is 24.2 Å². The number of nitrogens with two attached hydrogens (primary N) is 1. The predicted molar refractivity (Wildman–Crippen MR) is 74.7 cm³/mol. The van der Waals surface area contributed by atoms with Crippen LogP contribution in [0.5, 0.6) is 0 Å². The molecule has 0 radical (unpaired) electrons. The molecule has 106 valence electrons. The summed E-state index contributed by atoms with van der Waals surface area (Å²) < 4.78 is 5.64. The normalized spacial score (nSPS) is 14.0. The van der Waals surface area contributed by atoms with Crippen LogP contribution in [0, 0.1) is 11.8 Å². The number of hydrogen-bond acceptors (Lipinski definition) is 3. The van der Waals surface area contributed by atoms with Crippen molar-refractivity contribution < 1.29 is 14.6 Å². The van der Waals surface area contributed by atoms with E-state index in [1.54, 1.807) is 0 Å². The maximum atomic E-state index is 10.7. The predicted octanol–water partition coefficient (Wildman–Crippen LogP) is 2.28. The second kappa shape index (κ2) is 8.67. The van der Waals surface area contributed by atoms with Crippen molar-refractivity contribution in [2.24, 2.45) is 17.6 Å². The molecule has 1 rings (SSSR count). The van der Waals surface area contributed by atoms with Crippen LogP contribution in [-0.2, 0) is 16.1 Å². The van der Waals surface area contributed by atoms with Gasteiger partial charge in [-0.15, -0.1) is 0 Å². The van der Waals surface area contributed by atoms with Crippen LogP contribution < -0.4 is 5.73 Å². The van der Waals surface area contributed by atoms with Gasteiger partial charge in [0.25, 0.3) is 0 Å². The van der Waals surface area contributed by atoms with Gasteiger partial charge in [-0.05, 0) is 30.4 Å². The summed E-state index contributed by atoms with van der Waals surface area (Å²) in [5.74, 6) is -0.433. The van der Waals surface area contributed by atoms with Gasteiger partial charge in [0.05, 0.1) is 6.61 Å². The van der Waals surface area contributed by atoms with Crippen LogP contribution in [0.15, 0.2) is 30.3 Å². The molecule has 2 atom stereocenters. The first-order valence-corrected chi connectivity index (χ1v) is 6.65. The number of aliphatic carboxylic acids is 1. The van der Waals surface area contributed by atoms with Crippen molar-refractivity contribution in [1.29, 1.82) is 0 Å². The number of ether oxygens (including phenoxy) is 1. The molecule has 0 fully saturated rings. The first-order valence-electron chi connectivity index (χ1n) is 6.65. The van der Waals surface area contributed by atoms with Gasteiger partial charge < -0.3 is 15.6 Å². The van der Waals surface area contributed by atoms with E-state index in [2.05, 4.69) is 6.92 Å². The van der Waals surface area contributed by atoms with E-state index >= 15 is 0 Å². The summed E-state index contributed by atoms with van der Waals surface area (Å²) in [5.41, 5.74) is 6.73. The lowest BCUT2D eigenvalue weighted by atomic mass is 9.94. The summed E-state index contributed by atoms with van der Waals surface area (Å²) in [7, 11) is 0. The van der Waals surface area contributed by atoms with Gasteiger partial charge >= 0.3 is 5.97 Å². The van der Waals surface area contributed by atoms with E-state index in [1.165, 1.54) is 0 Å². The molecule has 0 aliphatic heterocycles. The van der Waals surface area contributed by atoms with Crippen LogP contribution in [0.4, 0.5) is 0 Å². The van der Waals surface area contributed by atoms with E-state index < -0.39 is 5.97 Å². The highest BCUT2D eigenvalue weighted by Gasteiger charge is 2.15. The third-order valence-corrected chi connectivity index (χ3v) is 3.05. The number of carboxylic acids is 1. The smallest absolute Gasteiger partial charge is 0.303 e.